The molecule has 2 aromatic carbocycles. The van der Waals surface area contributed by atoms with Gasteiger partial charge in [0.1, 0.15) is 18.4 Å². The van der Waals surface area contributed by atoms with Gasteiger partial charge in [-0.2, -0.15) is 13.2 Å². The van der Waals surface area contributed by atoms with Crippen molar-refractivity contribution < 1.29 is 17.7 Å². The number of imidazole rings is 1. The molecule has 0 radical (unpaired) electrons. The molecule has 0 atom stereocenters. The Morgan fingerprint density at radius 1 is 0.963 bits per heavy atom. The molecule has 4 nitrogen and oxygen atoms in total. The smallest absolute Gasteiger partial charge is 0.318 e. The van der Waals surface area contributed by atoms with Gasteiger partial charge in [0.15, 0.2) is 0 Å². The van der Waals surface area contributed by atoms with Crippen LogP contribution in [0, 0.1) is 6.92 Å². The first-order valence-corrected chi connectivity index (χ1v) is 10.8. The number of rotatable bonds is 4. The number of aryl methyl sites for hydroxylation is 1. The number of alkyl halides is 3. The molecule has 1 heterocycles. The highest BCUT2D eigenvalue weighted by atomic mass is 31.2. The summed E-state index contributed by atoms with van der Waals surface area (Å²) in [5.41, 5.74) is 1.02. The number of para-hydroxylation sites is 1. The zero-order chi connectivity index (χ0) is 19.8. The van der Waals surface area contributed by atoms with Gasteiger partial charge < -0.3 is 4.57 Å². The lowest BCUT2D eigenvalue weighted by Gasteiger charge is -2.27. The number of halogens is 3. The van der Waals surface area contributed by atoms with E-state index < -0.39 is 18.9 Å². The molecule has 0 saturated heterocycles. The van der Waals surface area contributed by atoms with Gasteiger partial charge in [0, 0.05) is 0 Å². The van der Waals surface area contributed by atoms with Crippen LogP contribution in [0.5, 0.6) is 0 Å². The van der Waals surface area contributed by atoms with Crippen molar-refractivity contribution in [3.05, 3.63) is 72.2 Å². The topological polar surface area (TPSA) is 38.1 Å². The van der Waals surface area contributed by atoms with Crippen LogP contribution in [0.15, 0.2) is 60.8 Å². The van der Waals surface area contributed by atoms with Gasteiger partial charge >= 0.3 is 6.18 Å². The lowest BCUT2D eigenvalue weighted by Crippen LogP contribution is -2.25. The predicted octanol–water partition coefficient (Wildman–Crippen LogP) is 5.06. The number of hydrogen-bond acceptors (Lipinski definition) is 3. The van der Waals surface area contributed by atoms with Crippen molar-refractivity contribution in [2.75, 3.05) is 18.3 Å². The highest BCUT2D eigenvalue weighted by Gasteiger charge is 2.30. The number of hydrogen-bond donors (Lipinski definition) is 0. The Kier molecular flexibility index (Phi) is 4.91. The number of benzene rings is 2. The van der Waals surface area contributed by atoms with Crippen molar-refractivity contribution in [1.82, 2.24) is 9.66 Å². The van der Waals surface area contributed by atoms with Gasteiger partial charge in [-0.15, -0.1) is 0 Å². The van der Waals surface area contributed by atoms with E-state index in [9.17, 15) is 17.7 Å². The minimum atomic E-state index is -4.40. The molecule has 1 aromatic heterocycles. The molecule has 3 rings (SSSR count). The molecule has 3 aromatic rings. The summed E-state index contributed by atoms with van der Waals surface area (Å²) in [6, 6.07) is 14.1. The second-order valence-electron chi connectivity index (χ2n) is 6.53. The van der Waals surface area contributed by atoms with Crippen LogP contribution in [-0.4, -0.2) is 23.0 Å². The van der Waals surface area contributed by atoms with Gasteiger partial charge in [0.05, 0.1) is 23.1 Å². The zero-order valence-corrected chi connectivity index (χ0v) is 16.0. The lowest BCUT2D eigenvalue weighted by molar-refractivity contribution is -0.137. The van der Waals surface area contributed by atoms with Crippen molar-refractivity contribution >= 4 is 24.0 Å². The van der Waals surface area contributed by atoms with Gasteiger partial charge in [-0.3, -0.25) is 0 Å². The summed E-state index contributed by atoms with van der Waals surface area (Å²) in [6.45, 7) is 5.02. The fourth-order valence-corrected chi connectivity index (χ4v) is 3.44. The minimum Gasteiger partial charge on any atom is -0.318 e. The summed E-state index contributed by atoms with van der Waals surface area (Å²) in [5.74, 6) is 0.581. The Morgan fingerprint density at radius 3 is 2.00 bits per heavy atom. The van der Waals surface area contributed by atoms with E-state index in [1.54, 1.807) is 36.1 Å². The Hall–Kier alpha value is -2.53. The van der Waals surface area contributed by atoms with E-state index in [2.05, 4.69) is 4.98 Å². The largest absolute Gasteiger partial charge is 0.416 e. The van der Waals surface area contributed by atoms with Gasteiger partial charge in [0.2, 0.25) is 0 Å². The first-order valence-electron chi connectivity index (χ1n) is 8.21. The van der Waals surface area contributed by atoms with Crippen molar-refractivity contribution in [2.45, 2.75) is 13.1 Å². The molecule has 0 bridgehead atoms. The van der Waals surface area contributed by atoms with Crippen LogP contribution in [0.25, 0.3) is 0 Å². The molecular formula is C19H19F3N3OP. The average Bonchev–Trinajstić information content (AvgIpc) is 2.98. The molecule has 0 N–H and O–H groups in total. The van der Waals surface area contributed by atoms with E-state index in [-0.39, 0.29) is 0 Å². The summed E-state index contributed by atoms with van der Waals surface area (Å²) >= 11 is 0. The second kappa shape index (κ2) is 6.89. The van der Waals surface area contributed by atoms with E-state index in [1.807, 2.05) is 30.3 Å². The molecule has 0 aliphatic heterocycles. The molecule has 0 unspecified atom stereocenters. The molecule has 0 saturated carbocycles. The first-order chi connectivity index (χ1) is 12.6. The summed E-state index contributed by atoms with van der Waals surface area (Å²) in [5, 5.41) is 1.74. The Bertz CT molecular complexity index is 976. The number of nitrogens with zero attached hydrogens (tertiary/aromatic N) is 3. The van der Waals surface area contributed by atoms with Crippen molar-refractivity contribution in [3.63, 3.8) is 0 Å². The fourth-order valence-electron chi connectivity index (χ4n) is 2.67. The van der Waals surface area contributed by atoms with Crippen LogP contribution in [-0.2, 0) is 10.7 Å². The maximum absolute atomic E-state index is 12.9. The Morgan fingerprint density at radius 2 is 1.52 bits per heavy atom. The van der Waals surface area contributed by atoms with Crippen LogP contribution in [0.1, 0.15) is 11.4 Å². The van der Waals surface area contributed by atoms with Gasteiger partial charge in [-0.1, -0.05) is 18.2 Å². The second-order valence-corrected chi connectivity index (χ2v) is 9.69. The Labute approximate surface area is 155 Å². The first kappa shape index (κ1) is 19.2. The van der Waals surface area contributed by atoms with Crippen molar-refractivity contribution in [2.24, 2.45) is 0 Å². The highest BCUT2D eigenvalue weighted by molar-refractivity contribution is 7.69. The summed E-state index contributed by atoms with van der Waals surface area (Å²) < 4.78 is 52.8. The molecule has 0 spiro atoms. The van der Waals surface area contributed by atoms with E-state index >= 15 is 0 Å². The predicted molar refractivity (Wildman–Crippen MR) is 101 cm³/mol. The average molecular weight is 393 g/mol. The standard InChI is InChI=1S/C19H19F3N3OP/c1-14-23-18(27(2,3)26)13-24(14)25(16-7-5-4-6-8-16)17-11-9-15(10-12-17)19(20,21)22/h4-13H,1-3H3. The normalized spacial score (nSPS) is 12.2. The molecule has 0 aliphatic carbocycles. The quantitative estimate of drug-likeness (QED) is 0.582. The van der Waals surface area contributed by atoms with Crippen molar-refractivity contribution in [1.29, 1.82) is 0 Å². The highest BCUT2D eigenvalue weighted by Crippen LogP contribution is 2.36. The monoisotopic (exact) mass is 393 g/mol. The van der Waals surface area contributed by atoms with Crippen LogP contribution >= 0.6 is 7.14 Å². The third-order valence-electron chi connectivity index (χ3n) is 4.05. The molecule has 0 amide bonds. The van der Waals surface area contributed by atoms with Crippen LogP contribution in [0.2, 0.25) is 0 Å². The van der Waals surface area contributed by atoms with Crippen LogP contribution in [0.4, 0.5) is 24.5 Å². The summed E-state index contributed by atoms with van der Waals surface area (Å²) in [4.78, 5) is 4.39. The summed E-state index contributed by atoms with van der Waals surface area (Å²) in [7, 11) is -2.58. The molecule has 0 aliphatic rings. The SMILES string of the molecule is Cc1nc(P(C)(C)=O)cn1N(c1ccccc1)c1ccc(C(F)(F)F)cc1. The number of aromatic nitrogens is 2. The molecule has 0 fully saturated rings. The number of anilines is 2. The van der Waals surface area contributed by atoms with Crippen molar-refractivity contribution in [3.8, 4) is 0 Å². The fraction of sp³-hybridized carbons (Fsp3) is 0.211. The lowest BCUT2D eigenvalue weighted by atomic mass is 10.2. The van der Waals surface area contributed by atoms with Gasteiger partial charge in [-0.25, -0.2) is 14.7 Å². The maximum Gasteiger partial charge on any atom is 0.416 e. The summed E-state index contributed by atoms with van der Waals surface area (Å²) in [6.07, 6.45) is -2.73. The zero-order valence-electron chi connectivity index (χ0n) is 15.1. The van der Waals surface area contributed by atoms with Gasteiger partial charge in [0.25, 0.3) is 0 Å². The van der Waals surface area contributed by atoms with E-state index in [0.717, 1.165) is 17.8 Å². The van der Waals surface area contributed by atoms with Crippen LogP contribution in [0.3, 0.4) is 0 Å². The van der Waals surface area contributed by atoms with Crippen LogP contribution < -0.4 is 10.4 Å². The third kappa shape index (κ3) is 4.08. The van der Waals surface area contributed by atoms with E-state index in [1.165, 1.54) is 12.1 Å². The minimum absolute atomic E-state index is 0.466. The molecule has 8 heteroatoms. The third-order valence-corrected chi connectivity index (χ3v) is 5.37. The molecule has 27 heavy (non-hydrogen) atoms. The maximum atomic E-state index is 12.9. The van der Waals surface area contributed by atoms with E-state index in [0.29, 0.717) is 16.9 Å². The van der Waals surface area contributed by atoms with E-state index in [4.69, 9.17) is 0 Å². The Balaban J connectivity index is 2.14. The molecular weight excluding hydrogens is 374 g/mol. The van der Waals surface area contributed by atoms with Gasteiger partial charge in [-0.05, 0) is 56.7 Å². The molecule has 142 valence electrons.